The summed E-state index contributed by atoms with van der Waals surface area (Å²) in [4.78, 5) is 19.7. The molecule has 252 valence electrons. The first-order valence-electron chi connectivity index (χ1n) is 18.1. The second-order valence-corrected chi connectivity index (χ2v) is 13.5. The first-order valence-corrected chi connectivity index (χ1v) is 18.1. The summed E-state index contributed by atoms with van der Waals surface area (Å²) in [5.41, 5.74) is 12.3. The Labute approximate surface area is 313 Å². The van der Waals surface area contributed by atoms with E-state index >= 15 is 0 Å². The molecule has 0 radical (unpaired) electrons. The van der Waals surface area contributed by atoms with Crippen molar-refractivity contribution in [2.75, 3.05) is 0 Å². The molecule has 0 unspecified atom stereocenters. The van der Waals surface area contributed by atoms with Crippen LogP contribution in [-0.2, 0) is 0 Å². The number of hydrogen-bond donors (Lipinski definition) is 0. The van der Waals surface area contributed by atoms with Crippen LogP contribution >= 0.6 is 0 Å². The number of rotatable bonds is 6. The van der Waals surface area contributed by atoms with E-state index in [1.165, 1.54) is 38.2 Å². The van der Waals surface area contributed by atoms with E-state index < -0.39 is 0 Å². The van der Waals surface area contributed by atoms with Gasteiger partial charge in [-0.25, -0.2) is 9.97 Å². The molecule has 10 aromatic rings. The molecule has 0 amide bonds. The second kappa shape index (κ2) is 13.4. The molecular formula is C50H32N4. The molecule has 0 atom stereocenters. The van der Waals surface area contributed by atoms with Gasteiger partial charge in [-0.15, -0.1) is 0 Å². The molecular weight excluding hydrogens is 657 g/mol. The maximum Gasteiger partial charge on any atom is 0.160 e. The molecule has 0 N–H and O–H groups in total. The summed E-state index contributed by atoms with van der Waals surface area (Å²) < 4.78 is 0. The summed E-state index contributed by atoms with van der Waals surface area (Å²) in [6.45, 7) is 0. The lowest BCUT2D eigenvalue weighted by Crippen LogP contribution is -1.97. The van der Waals surface area contributed by atoms with Crippen LogP contribution < -0.4 is 0 Å². The van der Waals surface area contributed by atoms with Crippen molar-refractivity contribution >= 4 is 32.4 Å². The fraction of sp³-hybridized carbons (Fsp3) is 0. The largest absolute Gasteiger partial charge is 0.256 e. The van der Waals surface area contributed by atoms with Crippen LogP contribution in [0, 0.1) is 0 Å². The minimum absolute atomic E-state index is 0.650. The number of benzene rings is 7. The third-order valence-corrected chi connectivity index (χ3v) is 10.2. The molecule has 0 fully saturated rings. The van der Waals surface area contributed by atoms with Gasteiger partial charge < -0.3 is 0 Å². The average molecular weight is 689 g/mol. The van der Waals surface area contributed by atoms with Gasteiger partial charge in [0.05, 0.1) is 22.6 Å². The molecule has 7 aromatic carbocycles. The van der Waals surface area contributed by atoms with E-state index in [4.69, 9.17) is 15.0 Å². The van der Waals surface area contributed by atoms with Crippen LogP contribution in [0.1, 0.15) is 0 Å². The molecule has 4 nitrogen and oxygen atoms in total. The lowest BCUT2D eigenvalue weighted by molar-refractivity contribution is 1.18. The van der Waals surface area contributed by atoms with Crippen molar-refractivity contribution in [3.63, 3.8) is 0 Å². The summed E-state index contributed by atoms with van der Waals surface area (Å²) in [6, 6.07) is 63.7. The third-order valence-electron chi connectivity index (χ3n) is 10.2. The predicted molar refractivity (Wildman–Crippen MR) is 223 cm³/mol. The summed E-state index contributed by atoms with van der Waals surface area (Å²) >= 11 is 0. The van der Waals surface area contributed by atoms with E-state index in [0.717, 1.165) is 55.8 Å². The zero-order valence-corrected chi connectivity index (χ0v) is 29.3. The Balaban J connectivity index is 1.16. The summed E-state index contributed by atoms with van der Waals surface area (Å²) in [5, 5.41) is 5.95. The van der Waals surface area contributed by atoms with Gasteiger partial charge in [-0.1, -0.05) is 146 Å². The van der Waals surface area contributed by atoms with Crippen molar-refractivity contribution in [1.82, 2.24) is 19.9 Å². The van der Waals surface area contributed by atoms with E-state index in [0.29, 0.717) is 5.82 Å². The zero-order valence-electron chi connectivity index (χ0n) is 29.3. The van der Waals surface area contributed by atoms with Crippen LogP contribution in [0.3, 0.4) is 0 Å². The molecule has 0 aliphatic rings. The summed E-state index contributed by atoms with van der Waals surface area (Å²) in [6.07, 6.45) is 3.72. The van der Waals surface area contributed by atoms with Gasteiger partial charge in [0.1, 0.15) is 0 Å². The van der Waals surface area contributed by atoms with Gasteiger partial charge in [0.2, 0.25) is 0 Å². The Bertz CT molecular complexity index is 2920. The predicted octanol–water partition coefficient (Wildman–Crippen LogP) is 12.7. The van der Waals surface area contributed by atoms with Gasteiger partial charge >= 0.3 is 0 Å². The lowest BCUT2D eigenvalue weighted by atomic mass is 9.85. The molecule has 3 heterocycles. The highest BCUT2D eigenvalue weighted by atomic mass is 14.9. The molecule has 0 aliphatic carbocycles. The van der Waals surface area contributed by atoms with E-state index in [1.54, 1.807) is 0 Å². The zero-order chi connectivity index (χ0) is 35.8. The number of hydrogen-bond acceptors (Lipinski definition) is 4. The number of nitrogens with zero attached hydrogens (tertiary/aromatic N) is 4. The molecule has 54 heavy (non-hydrogen) atoms. The first kappa shape index (κ1) is 31.4. The Morgan fingerprint density at radius 1 is 0.315 bits per heavy atom. The van der Waals surface area contributed by atoms with E-state index in [9.17, 15) is 0 Å². The van der Waals surface area contributed by atoms with Crippen molar-refractivity contribution in [3.8, 4) is 67.4 Å². The van der Waals surface area contributed by atoms with Crippen molar-refractivity contribution in [1.29, 1.82) is 0 Å². The Hall–Kier alpha value is -7.30. The fourth-order valence-electron chi connectivity index (χ4n) is 7.60. The minimum Gasteiger partial charge on any atom is -0.256 e. The van der Waals surface area contributed by atoms with Gasteiger partial charge in [0.25, 0.3) is 0 Å². The molecule has 10 rings (SSSR count). The fourth-order valence-corrected chi connectivity index (χ4v) is 7.60. The number of fused-ring (bicyclic) bond motifs is 3. The number of aromatic nitrogens is 4. The normalized spacial score (nSPS) is 11.3. The highest BCUT2D eigenvalue weighted by molar-refractivity contribution is 6.21. The van der Waals surface area contributed by atoms with Gasteiger partial charge in [-0.05, 0) is 80.2 Å². The van der Waals surface area contributed by atoms with Crippen molar-refractivity contribution in [2.24, 2.45) is 0 Å². The van der Waals surface area contributed by atoms with Crippen LogP contribution in [0.4, 0.5) is 0 Å². The molecule has 0 aliphatic heterocycles. The number of pyridine rings is 2. The van der Waals surface area contributed by atoms with Gasteiger partial charge in [0, 0.05) is 40.0 Å². The van der Waals surface area contributed by atoms with Crippen molar-refractivity contribution in [3.05, 3.63) is 194 Å². The molecule has 4 heteroatoms. The van der Waals surface area contributed by atoms with Crippen molar-refractivity contribution < 1.29 is 0 Å². The quantitative estimate of drug-likeness (QED) is 0.163. The maximum atomic E-state index is 5.23. The smallest absolute Gasteiger partial charge is 0.160 e. The standard InChI is InChI=1S/C50H32N4/c1-2-13-34(14-3-1)48-40-18-5-7-20-42(40)49(43-21-8-6-19-41(43)48)38-17-12-16-37(29-38)46-31-47(39-30-36-15-4-9-22-45(36)52-32-39)54-50(53-46)35-26-24-33(25-27-35)44-23-10-11-28-51-44/h1-32H. The molecule has 0 bridgehead atoms. The van der Waals surface area contributed by atoms with Crippen LogP contribution in [-0.4, -0.2) is 19.9 Å². The van der Waals surface area contributed by atoms with Crippen LogP contribution in [0.2, 0.25) is 0 Å². The van der Waals surface area contributed by atoms with Crippen LogP contribution in [0.25, 0.3) is 99.9 Å². The number of para-hydroxylation sites is 1. The summed E-state index contributed by atoms with van der Waals surface area (Å²) in [7, 11) is 0. The second-order valence-electron chi connectivity index (χ2n) is 13.5. The molecule has 0 saturated carbocycles. The van der Waals surface area contributed by atoms with E-state index in [1.807, 2.05) is 48.8 Å². The molecule has 0 saturated heterocycles. The maximum absolute atomic E-state index is 5.23. The summed E-state index contributed by atoms with van der Waals surface area (Å²) in [5.74, 6) is 0.650. The van der Waals surface area contributed by atoms with Gasteiger partial charge in [0.15, 0.2) is 5.82 Å². The van der Waals surface area contributed by atoms with Gasteiger partial charge in [-0.2, -0.15) is 0 Å². The highest BCUT2D eigenvalue weighted by Crippen LogP contribution is 2.44. The van der Waals surface area contributed by atoms with E-state index in [-0.39, 0.29) is 0 Å². The molecule has 3 aromatic heterocycles. The van der Waals surface area contributed by atoms with Crippen molar-refractivity contribution in [2.45, 2.75) is 0 Å². The monoisotopic (exact) mass is 688 g/mol. The van der Waals surface area contributed by atoms with Crippen LogP contribution in [0.5, 0.6) is 0 Å². The minimum atomic E-state index is 0.650. The van der Waals surface area contributed by atoms with Gasteiger partial charge in [-0.3, -0.25) is 9.97 Å². The Morgan fingerprint density at radius 2 is 0.889 bits per heavy atom. The topological polar surface area (TPSA) is 51.6 Å². The van der Waals surface area contributed by atoms with Crippen LogP contribution in [0.15, 0.2) is 194 Å². The third kappa shape index (κ3) is 5.67. The Morgan fingerprint density at radius 3 is 1.59 bits per heavy atom. The molecule has 0 spiro atoms. The van der Waals surface area contributed by atoms with E-state index in [2.05, 4.69) is 151 Å². The first-order chi connectivity index (χ1) is 26.8. The Kier molecular flexibility index (Phi) is 7.77. The highest BCUT2D eigenvalue weighted by Gasteiger charge is 2.18. The SMILES string of the molecule is c1ccc(-c2c3ccccc3c(-c3cccc(-c4cc(-c5cnc6ccccc6c5)nc(-c5ccc(-c6ccccn6)cc5)n4)c3)c3ccccc23)cc1. The average Bonchev–Trinajstić information content (AvgIpc) is 3.26. The lowest BCUT2D eigenvalue weighted by Gasteiger charge is -2.18.